The summed E-state index contributed by atoms with van der Waals surface area (Å²) in [5.74, 6) is -0.272. The molecule has 0 radical (unpaired) electrons. The van der Waals surface area contributed by atoms with E-state index in [1.54, 1.807) is 0 Å². The highest BCUT2D eigenvalue weighted by Gasteiger charge is 2.05. The average Bonchev–Trinajstić information content (AvgIpc) is 2.42. The zero-order chi connectivity index (χ0) is 14.1. The largest absolute Gasteiger partial charge is 0.399 e. The maximum Gasteiger partial charge on any atom is 0.239 e. The van der Waals surface area contributed by atoms with Gasteiger partial charge in [0.1, 0.15) is 0 Å². The molecule has 19 heavy (non-hydrogen) atoms. The lowest BCUT2D eigenvalue weighted by molar-refractivity contribution is -0.126. The zero-order valence-electron chi connectivity index (χ0n) is 11.2. The van der Waals surface area contributed by atoms with E-state index in [-0.39, 0.29) is 18.4 Å². The van der Waals surface area contributed by atoms with Crippen molar-refractivity contribution in [2.75, 3.05) is 18.8 Å². The fourth-order valence-electron chi connectivity index (χ4n) is 1.54. The van der Waals surface area contributed by atoms with E-state index in [9.17, 15) is 9.59 Å². The molecule has 0 atom stereocenters. The van der Waals surface area contributed by atoms with Crippen molar-refractivity contribution in [3.63, 3.8) is 0 Å². The minimum Gasteiger partial charge on any atom is -0.399 e. The number of carbonyl (C=O) groups is 2. The molecule has 1 aromatic carbocycles. The number of nitrogens with two attached hydrogens (primary N) is 1. The van der Waals surface area contributed by atoms with Crippen molar-refractivity contribution in [2.24, 2.45) is 0 Å². The Bertz CT molecular complexity index is 415. The lowest BCUT2D eigenvalue weighted by Gasteiger charge is -2.06. The summed E-state index contributed by atoms with van der Waals surface area (Å²) < 4.78 is 0. The van der Waals surface area contributed by atoms with Crippen LogP contribution in [-0.4, -0.2) is 24.9 Å². The highest BCUT2D eigenvalue weighted by atomic mass is 16.2. The predicted octanol–water partition coefficient (Wildman–Crippen LogP) is 0.844. The van der Waals surface area contributed by atoms with Crippen LogP contribution in [0.3, 0.4) is 0 Å². The summed E-state index contributed by atoms with van der Waals surface area (Å²) in [6, 6.07) is 7.42. The number of carbonyl (C=O) groups excluding carboxylic acids is 2. The standard InChI is InChI=1S/C14H21N3O2/c1-2-9-16-14(19)10-17-13(18)8-5-11-3-6-12(15)7-4-11/h3-4,6-7H,2,5,8-10,15H2,1H3,(H,16,19)(H,17,18). The summed E-state index contributed by atoms with van der Waals surface area (Å²) in [4.78, 5) is 22.8. The van der Waals surface area contributed by atoms with Gasteiger partial charge in [-0.2, -0.15) is 0 Å². The van der Waals surface area contributed by atoms with Gasteiger partial charge in [0.25, 0.3) is 0 Å². The summed E-state index contributed by atoms with van der Waals surface area (Å²) in [6.45, 7) is 2.66. The first-order chi connectivity index (χ1) is 9.11. The molecule has 0 aliphatic carbocycles. The second-order valence-corrected chi connectivity index (χ2v) is 4.37. The quantitative estimate of drug-likeness (QED) is 0.637. The molecule has 0 aliphatic rings. The van der Waals surface area contributed by atoms with Crippen molar-refractivity contribution in [2.45, 2.75) is 26.2 Å². The van der Waals surface area contributed by atoms with Gasteiger partial charge in [0, 0.05) is 18.7 Å². The number of nitrogens with one attached hydrogen (secondary N) is 2. The minimum absolute atomic E-state index is 0.0422. The molecule has 0 unspecified atom stereocenters. The number of benzene rings is 1. The molecular weight excluding hydrogens is 242 g/mol. The van der Waals surface area contributed by atoms with Crippen LogP contribution in [0.2, 0.25) is 0 Å². The Morgan fingerprint density at radius 2 is 1.79 bits per heavy atom. The third-order valence-corrected chi connectivity index (χ3v) is 2.64. The number of rotatable bonds is 7. The normalized spacial score (nSPS) is 9.95. The molecule has 0 spiro atoms. The third-order valence-electron chi connectivity index (χ3n) is 2.64. The van der Waals surface area contributed by atoms with Crippen molar-refractivity contribution < 1.29 is 9.59 Å². The fourth-order valence-corrected chi connectivity index (χ4v) is 1.54. The fraction of sp³-hybridized carbons (Fsp3) is 0.429. The van der Waals surface area contributed by atoms with Crippen molar-refractivity contribution in [3.8, 4) is 0 Å². The van der Waals surface area contributed by atoms with Crippen LogP contribution in [0.1, 0.15) is 25.3 Å². The molecule has 5 nitrogen and oxygen atoms in total. The highest BCUT2D eigenvalue weighted by molar-refractivity contribution is 5.84. The summed E-state index contributed by atoms with van der Waals surface area (Å²) in [7, 11) is 0. The van der Waals surface area contributed by atoms with Crippen LogP contribution >= 0.6 is 0 Å². The monoisotopic (exact) mass is 263 g/mol. The average molecular weight is 263 g/mol. The van der Waals surface area contributed by atoms with Gasteiger partial charge in [0.15, 0.2) is 0 Å². The number of anilines is 1. The molecule has 0 aliphatic heterocycles. The zero-order valence-corrected chi connectivity index (χ0v) is 11.2. The molecule has 0 saturated carbocycles. The van der Waals surface area contributed by atoms with Gasteiger partial charge < -0.3 is 16.4 Å². The molecule has 4 N–H and O–H groups in total. The van der Waals surface area contributed by atoms with Crippen molar-refractivity contribution in [1.82, 2.24) is 10.6 Å². The number of hydrogen-bond donors (Lipinski definition) is 3. The Kier molecular flexibility index (Phi) is 6.43. The topological polar surface area (TPSA) is 84.2 Å². The van der Waals surface area contributed by atoms with Gasteiger partial charge in [-0.3, -0.25) is 9.59 Å². The van der Waals surface area contributed by atoms with Crippen LogP contribution in [-0.2, 0) is 16.0 Å². The second kappa shape index (κ2) is 8.13. The van der Waals surface area contributed by atoms with Crippen LogP contribution in [0.15, 0.2) is 24.3 Å². The first-order valence-corrected chi connectivity index (χ1v) is 6.49. The van der Waals surface area contributed by atoms with Crippen LogP contribution in [0.4, 0.5) is 5.69 Å². The lowest BCUT2D eigenvalue weighted by atomic mass is 10.1. The second-order valence-electron chi connectivity index (χ2n) is 4.37. The molecule has 1 aromatic rings. The van der Waals surface area contributed by atoms with Crippen molar-refractivity contribution >= 4 is 17.5 Å². The molecule has 2 amide bonds. The van der Waals surface area contributed by atoms with E-state index in [0.29, 0.717) is 25.1 Å². The molecule has 104 valence electrons. The first kappa shape index (κ1) is 15.0. The van der Waals surface area contributed by atoms with Gasteiger partial charge in [-0.15, -0.1) is 0 Å². The number of amides is 2. The first-order valence-electron chi connectivity index (χ1n) is 6.49. The van der Waals surface area contributed by atoms with Crippen LogP contribution in [0.5, 0.6) is 0 Å². The third kappa shape index (κ3) is 6.45. The van der Waals surface area contributed by atoms with Crippen LogP contribution in [0.25, 0.3) is 0 Å². The number of nitrogen functional groups attached to an aromatic ring is 1. The summed E-state index contributed by atoms with van der Waals surface area (Å²) >= 11 is 0. The molecule has 0 bridgehead atoms. The van der Waals surface area contributed by atoms with Crippen LogP contribution in [0, 0.1) is 0 Å². The van der Waals surface area contributed by atoms with E-state index in [1.165, 1.54) is 0 Å². The smallest absolute Gasteiger partial charge is 0.239 e. The van der Waals surface area contributed by atoms with E-state index in [4.69, 9.17) is 5.73 Å². The van der Waals surface area contributed by atoms with Gasteiger partial charge in [-0.25, -0.2) is 0 Å². The summed E-state index contributed by atoms with van der Waals surface area (Å²) in [5, 5.41) is 5.30. The van der Waals surface area contributed by atoms with E-state index in [2.05, 4.69) is 10.6 Å². The molecular formula is C14H21N3O2. The Hall–Kier alpha value is -2.04. The van der Waals surface area contributed by atoms with Crippen LogP contribution < -0.4 is 16.4 Å². The SMILES string of the molecule is CCCNC(=O)CNC(=O)CCc1ccc(N)cc1. The number of hydrogen-bond acceptors (Lipinski definition) is 3. The number of aryl methyl sites for hydroxylation is 1. The Labute approximate surface area is 113 Å². The predicted molar refractivity (Wildman–Crippen MR) is 75.5 cm³/mol. The summed E-state index contributed by atoms with van der Waals surface area (Å²) in [5.41, 5.74) is 7.34. The van der Waals surface area contributed by atoms with E-state index >= 15 is 0 Å². The Morgan fingerprint density at radius 1 is 1.11 bits per heavy atom. The van der Waals surface area contributed by atoms with E-state index < -0.39 is 0 Å². The molecule has 5 heteroatoms. The lowest BCUT2D eigenvalue weighted by Crippen LogP contribution is -2.37. The molecule has 0 saturated heterocycles. The van der Waals surface area contributed by atoms with Gasteiger partial charge >= 0.3 is 0 Å². The van der Waals surface area contributed by atoms with Gasteiger partial charge in [-0.1, -0.05) is 19.1 Å². The van der Waals surface area contributed by atoms with E-state index in [0.717, 1.165) is 12.0 Å². The Balaban J connectivity index is 2.21. The molecule has 1 rings (SSSR count). The van der Waals surface area contributed by atoms with E-state index in [1.807, 2.05) is 31.2 Å². The molecule has 0 aromatic heterocycles. The highest BCUT2D eigenvalue weighted by Crippen LogP contribution is 2.07. The van der Waals surface area contributed by atoms with Gasteiger partial charge in [0.05, 0.1) is 6.54 Å². The maximum atomic E-state index is 11.5. The van der Waals surface area contributed by atoms with Crippen molar-refractivity contribution in [3.05, 3.63) is 29.8 Å². The van der Waals surface area contributed by atoms with Gasteiger partial charge in [-0.05, 0) is 30.5 Å². The Morgan fingerprint density at radius 3 is 2.42 bits per heavy atom. The van der Waals surface area contributed by atoms with Crippen molar-refractivity contribution in [1.29, 1.82) is 0 Å². The summed E-state index contributed by atoms with van der Waals surface area (Å²) in [6.07, 6.45) is 1.89. The molecule has 0 heterocycles. The van der Waals surface area contributed by atoms with Gasteiger partial charge in [0.2, 0.25) is 11.8 Å². The molecule has 0 fully saturated rings. The minimum atomic E-state index is -0.150. The maximum absolute atomic E-state index is 11.5.